The summed E-state index contributed by atoms with van der Waals surface area (Å²) in [7, 11) is 0. The number of aromatic nitrogens is 2. The Labute approximate surface area is 123 Å². The lowest BCUT2D eigenvalue weighted by atomic mass is 10.1. The van der Waals surface area contributed by atoms with E-state index in [4.69, 9.17) is 21.4 Å². The van der Waals surface area contributed by atoms with Crippen LogP contribution >= 0.6 is 0 Å². The smallest absolute Gasteiger partial charge is 0.330 e. The lowest BCUT2D eigenvalue weighted by Crippen LogP contribution is -2.33. The number of nitrogens with zero attached hydrogens (tertiary/aromatic N) is 4. The van der Waals surface area contributed by atoms with Crippen molar-refractivity contribution in [2.75, 3.05) is 13.2 Å². The van der Waals surface area contributed by atoms with Crippen molar-refractivity contribution in [2.24, 2.45) is 5.11 Å². The molecule has 0 bridgehead atoms. The van der Waals surface area contributed by atoms with Gasteiger partial charge in [-0.15, -0.1) is 6.42 Å². The number of nitrogens with one attached hydrogen (secondary N) is 1. The molecular weight excluding hydrogens is 294 g/mol. The Balaban J connectivity index is 2.33. The Kier molecular flexibility index (Phi) is 4.85. The number of azide groups is 1. The number of aromatic amines is 1. The minimum atomic E-state index is -0.801. The SMILES string of the molecule is C#CCOc1cn([C@H]2C[C@H](N=[N+]=[N-])[C@@H](CO)O2)c(=O)[nH]c1=O. The normalized spacial score (nSPS) is 23.5. The highest BCUT2D eigenvalue weighted by molar-refractivity contribution is 5.13. The molecule has 1 aromatic heterocycles. The molecule has 116 valence electrons. The van der Waals surface area contributed by atoms with Gasteiger partial charge in [0, 0.05) is 11.3 Å². The van der Waals surface area contributed by atoms with Gasteiger partial charge in [-0.2, -0.15) is 0 Å². The van der Waals surface area contributed by atoms with Crippen LogP contribution in [0.25, 0.3) is 10.4 Å². The fourth-order valence-corrected chi connectivity index (χ4v) is 2.14. The molecule has 0 radical (unpaired) electrons. The molecule has 1 aliphatic heterocycles. The molecule has 2 rings (SSSR count). The molecule has 22 heavy (non-hydrogen) atoms. The van der Waals surface area contributed by atoms with E-state index in [0.29, 0.717) is 0 Å². The maximum absolute atomic E-state index is 11.9. The second-order valence-electron chi connectivity index (χ2n) is 4.47. The third-order valence-corrected chi connectivity index (χ3v) is 3.14. The quantitative estimate of drug-likeness (QED) is 0.326. The average Bonchev–Trinajstić information content (AvgIpc) is 2.89. The van der Waals surface area contributed by atoms with Crippen LogP contribution in [0.2, 0.25) is 0 Å². The molecule has 0 saturated carbocycles. The summed E-state index contributed by atoms with van der Waals surface area (Å²) in [5.74, 6) is 2.07. The number of ether oxygens (including phenoxy) is 2. The van der Waals surface area contributed by atoms with E-state index in [1.165, 1.54) is 6.20 Å². The van der Waals surface area contributed by atoms with Crippen LogP contribution in [0.5, 0.6) is 5.75 Å². The van der Waals surface area contributed by atoms with Gasteiger partial charge in [0.25, 0.3) is 5.56 Å². The molecule has 2 N–H and O–H groups in total. The molecule has 10 nitrogen and oxygen atoms in total. The minimum absolute atomic E-state index is 0.131. The molecular formula is C12H13N5O5. The Bertz CT molecular complexity index is 741. The van der Waals surface area contributed by atoms with E-state index >= 15 is 0 Å². The van der Waals surface area contributed by atoms with Crippen LogP contribution in [-0.2, 0) is 4.74 Å². The average molecular weight is 307 g/mol. The van der Waals surface area contributed by atoms with Gasteiger partial charge in [-0.05, 0) is 5.53 Å². The van der Waals surface area contributed by atoms with Crippen LogP contribution in [0.15, 0.2) is 20.9 Å². The zero-order valence-electron chi connectivity index (χ0n) is 11.4. The van der Waals surface area contributed by atoms with Gasteiger partial charge in [-0.1, -0.05) is 11.0 Å². The summed E-state index contributed by atoms with van der Waals surface area (Å²) in [5.41, 5.74) is 7.08. The van der Waals surface area contributed by atoms with Crippen molar-refractivity contribution in [2.45, 2.75) is 24.8 Å². The van der Waals surface area contributed by atoms with Crippen molar-refractivity contribution in [3.05, 3.63) is 37.5 Å². The van der Waals surface area contributed by atoms with Gasteiger partial charge in [0.15, 0.2) is 0 Å². The Morgan fingerprint density at radius 2 is 2.45 bits per heavy atom. The van der Waals surface area contributed by atoms with Gasteiger partial charge < -0.3 is 14.6 Å². The number of aliphatic hydroxyl groups excluding tert-OH is 1. The molecule has 1 fully saturated rings. The summed E-state index contributed by atoms with van der Waals surface area (Å²) in [6, 6.07) is -0.617. The second kappa shape index (κ2) is 6.82. The van der Waals surface area contributed by atoms with Gasteiger partial charge in [0.2, 0.25) is 5.75 Å². The summed E-state index contributed by atoms with van der Waals surface area (Å²) >= 11 is 0. The van der Waals surface area contributed by atoms with Crippen LogP contribution in [-0.4, -0.2) is 40.0 Å². The van der Waals surface area contributed by atoms with Crippen LogP contribution in [0.3, 0.4) is 0 Å². The molecule has 0 aliphatic carbocycles. The van der Waals surface area contributed by atoms with Crippen molar-refractivity contribution in [1.82, 2.24) is 9.55 Å². The topological polar surface area (TPSA) is 142 Å². The van der Waals surface area contributed by atoms with Gasteiger partial charge in [-0.3, -0.25) is 14.3 Å². The predicted octanol–water partition coefficient (Wildman–Crippen LogP) is -0.493. The van der Waals surface area contributed by atoms with Gasteiger partial charge >= 0.3 is 5.69 Å². The number of H-pyrrole nitrogens is 1. The zero-order chi connectivity index (χ0) is 16.1. The number of aliphatic hydroxyl groups is 1. The Morgan fingerprint density at radius 3 is 3.09 bits per heavy atom. The highest BCUT2D eigenvalue weighted by Crippen LogP contribution is 2.30. The van der Waals surface area contributed by atoms with Crippen molar-refractivity contribution in [1.29, 1.82) is 0 Å². The molecule has 0 amide bonds. The summed E-state index contributed by atoms with van der Waals surface area (Å²) in [4.78, 5) is 28.2. The Morgan fingerprint density at radius 1 is 1.68 bits per heavy atom. The summed E-state index contributed by atoms with van der Waals surface area (Å²) < 4.78 is 11.6. The van der Waals surface area contributed by atoms with Crippen LogP contribution in [0, 0.1) is 12.3 Å². The van der Waals surface area contributed by atoms with Crippen LogP contribution < -0.4 is 16.0 Å². The number of terminal acetylenes is 1. The van der Waals surface area contributed by atoms with Crippen molar-refractivity contribution < 1.29 is 14.6 Å². The zero-order valence-corrected chi connectivity index (χ0v) is 11.4. The van der Waals surface area contributed by atoms with Crippen LogP contribution in [0.1, 0.15) is 12.6 Å². The molecule has 0 spiro atoms. The van der Waals surface area contributed by atoms with Gasteiger partial charge in [0.1, 0.15) is 12.8 Å². The minimum Gasteiger partial charge on any atom is -0.474 e. The van der Waals surface area contributed by atoms with Crippen molar-refractivity contribution >= 4 is 0 Å². The lowest BCUT2D eigenvalue weighted by molar-refractivity contribution is -0.0273. The fraction of sp³-hybridized carbons (Fsp3) is 0.500. The highest BCUT2D eigenvalue weighted by atomic mass is 16.5. The molecule has 2 heterocycles. The first kappa shape index (κ1) is 15.7. The molecule has 10 heteroatoms. The van der Waals surface area contributed by atoms with Gasteiger partial charge in [-0.25, -0.2) is 4.79 Å². The van der Waals surface area contributed by atoms with E-state index in [-0.39, 0.29) is 25.4 Å². The monoisotopic (exact) mass is 307 g/mol. The van der Waals surface area contributed by atoms with Crippen molar-refractivity contribution in [3.8, 4) is 18.1 Å². The number of hydrogen-bond acceptors (Lipinski definition) is 6. The maximum Gasteiger partial charge on any atom is 0.330 e. The lowest BCUT2D eigenvalue weighted by Gasteiger charge is -2.15. The third-order valence-electron chi connectivity index (χ3n) is 3.14. The van der Waals surface area contributed by atoms with E-state index in [1.54, 1.807) is 0 Å². The largest absolute Gasteiger partial charge is 0.474 e. The van der Waals surface area contributed by atoms with E-state index in [0.717, 1.165) is 4.57 Å². The number of hydrogen-bond donors (Lipinski definition) is 2. The first-order valence-corrected chi connectivity index (χ1v) is 6.33. The first-order valence-electron chi connectivity index (χ1n) is 6.33. The first-order chi connectivity index (χ1) is 10.6. The van der Waals surface area contributed by atoms with Crippen LogP contribution in [0.4, 0.5) is 0 Å². The van der Waals surface area contributed by atoms with Crippen molar-refractivity contribution in [3.63, 3.8) is 0 Å². The van der Waals surface area contributed by atoms with E-state index < -0.39 is 29.6 Å². The number of rotatable bonds is 5. The van der Waals surface area contributed by atoms with E-state index in [9.17, 15) is 14.7 Å². The summed E-state index contributed by atoms with van der Waals surface area (Å²) in [6.07, 6.45) is 4.87. The molecule has 3 atom stereocenters. The molecule has 1 aromatic rings. The Hall–Kier alpha value is -2.73. The summed E-state index contributed by atoms with van der Waals surface area (Å²) in [6.45, 7) is -0.494. The standard InChI is InChI=1S/C12H13N5O5/c1-2-3-21-8-5-17(12(20)14-11(8)19)10-4-7(15-16-13)9(6-18)22-10/h1,5,7,9-10,18H,3-4,6H2,(H,14,19,20)/t7-,9+,10+/m0/s1. The van der Waals surface area contributed by atoms with E-state index in [2.05, 4.69) is 20.9 Å². The highest BCUT2D eigenvalue weighted by Gasteiger charge is 2.35. The van der Waals surface area contributed by atoms with Gasteiger partial charge in [0.05, 0.1) is 24.9 Å². The van der Waals surface area contributed by atoms with E-state index in [1.807, 2.05) is 0 Å². The summed E-state index contributed by atoms with van der Waals surface area (Å²) in [5, 5.41) is 12.7. The molecule has 1 aliphatic rings. The predicted molar refractivity (Wildman–Crippen MR) is 74.2 cm³/mol. The molecule has 0 unspecified atom stereocenters. The maximum atomic E-state index is 11.9. The third kappa shape index (κ3) is 3.12. The molecule has 0 aromatic carbocycles. The molecule has 1 saturated heterocycles. The second-order valence-corrected chi connectivity index (χ2v) is 4.47. The fourth-order valence-electron chi connectivity index (χ4n) is 2.14.